The zero-order chi connectivity index (χ0) is 27.8. The van der Waals surface area contributed by atoms with Crippen molar-refractivity contribution >= 4 is 23.3 Å². The van der Waals surface area contributed by atoms with E-state index < -0.39 is 59.3 Å². The van der Waals surface area contributed by atoms with E-state index in [1.807, 2.05) is 30.3 Å². The van der Waals surface area contributed by atoms with Gasteiger partial charge < -0.3 is 24.2 Å². The lowest BCUT2D eigenvalue weighted by atomic mass is 9.91. The molecule has 1 aromatic heterocycles. The Labute approximate surface area is 227 Å². The third-order valence-electron chi connectivity index (χ3n) is 6.71. The first-order valence-corrected chi connectivity index (χ1v) is 12.5. The lowest BCUT2D eigenvalue weighted by Gasteiger charge is -2.47. The number of aliphatic hydroxyl groups is 1. The molecule has 6 atom stereocenters. The van der Waals surface area contributed by atoms with E-state index in [1.54, 1.807) is 25.9 Å². The first-order valence-electron chi connectivity index (χ1n) is 12.1. The molecule has 1 N–H and O–H groups in total. The number of amides is 1. The van der Waals surface area contributed by atoms with Gasteiger partial charge in [-0.05, 0) is 19.1 Å². The number of benzene rings is 2. The minimum absolute atomic E-state index is 0.0583. The highest BCUT2D eigenvalue weighted by molar-refractivity contribution is 6.31. The second-order valence-corrected chi connectivity index (χ2v) is 9.86. The predicted octanol–water partition coefficient (Wildman–Crippen LogP) is 3.17. The van der Waals surface area contributed by atoms with E-state index >= 15 is 0 Å². The second-order valence-electron chi connectivity index (χ2n) is 9.48. The topological polar surface area (TPSA) is 111 Å². The van der Waals surface area contributed by atoms with Crippen LogP contribution in [0.15, 0.2) is 53.7 Å². The van der Waals surface area contributed by atoms with Crippen LogP contribution in [0.2, 0.25) is 5.02 Å². The van der Waals surface area contributed by atoms with E-state index in [9.17, 15) is 18.7 Å². The molecule has 2 aromatic carbocycles. The van der Waals surface area contributed by atoms with Crippen molar-refractivity contribution in [2.24, 2.45) is 4.99 Å². The van der Waals surface area contributed by atoms with Gasteiger partial charge in [-0.25, -0.2) is 13.5 Å². The Morgan fingerprint density at radius 3 is 2.54 bits per heavy atom. The van der Waals surface area contributed by atoms with Crippen molar-refractivity contribution in [1.82, 2.24) is 19.9 Å². The molecule has 2 fully saturated rings. The van der Waals surface area contributed by atoms with Crippen LogP contribution in [0.25, 0.3) is 11.3 Å². The van der Waals surface area contributed by atoms with Gasteiger partial charge >= 0.3 is 0 Å². The van der Waals surface area contributed by atoms with Crippen molar-refractivity contribution in [3.63, 3.8) is 0 Å². The molecule has 0 bridgehead atoms. The van der Waals surface area contributed by atoms with Crippen molar-refractivity contribution in [2.75, 3.05) is 20.7 Å². The Hall–Kier alpha value is -3.29. The van der Waals surface area contributed by atoms with Gasteiger partial charge in [0.15, 0.2) is 12.4 Å². The number of nitrogens with zero attached hydrogens (tertiary/aromatic N) is 5. The van der Waals surface area contributed by atoms with Gasteiger partial charge in [0, 0.05) is 25.2 Å². The maximum absolute atomic E-state index is 14.1. The van der Waals surface area contributed by atoms with Crippen LogP contribution in [0, 0.1) is 11.6 Å². The summed E-state index contributed by atoms with van der Waals surface area (Å²) in [6, 6.07) is 10.3. The summed E-state index contributed by atoms with van der Waals surface area (Å²) in [5.74, 6) is -2.18. The minimum atomic E-state index is -1.46. The number of aliphatic imine (C=N–C) groups is 1. The summed E-state index contributed by atoms with van der Waals surface area (Å²) in [5, 5.41) is 19.0. The number of carbonyl (C=O) groups is 1. The van der Waals surface area contributed by atoms with Crippen LogP contribution in [0.3, 0.4) is 0 Å². The van der Waals surface area contributed by atoms with Crippen molar-refractivity contribution in [1.29, 1.82) is 0 Å². The number of aliphatic hydroxyl groups excluding tert-OH is 1. The summed E-state index contributed by atoms with van der Waals surface area (Å²) in [6.45, 7) is 1.71. The summed E-state index contributed by atoms with van der Waals surface area (Å²) in [7, 11) is 3.46. The maximum atomic E-state index is 14.1. The Morgan fingerprint density at radius 1 is 1.18 bits per heavy atom. The quantitative estimate of drug-likeness (QED) is 0.294. The standard InChI is InChI=1S/C26H26ClF2N5O5/c1-13(33(2)3)30-25(36)24-22(35)21(23-19(38-24)12-37-26(39-23)14-7-5-4-6-8-14)34-11-18(31-32-34)15-9-16(28)20(27)17(29)10-15/h4-11,19,21-24,26,35H,12H2,1-3H3/t19-,21-,22-,23+,24-,26?/m1/s1. The Bertz CT molecular complexity index is 1370. The number of carbonyl (C=O) groups excluding carboxylic acids is 1. The summed E-state index contributed by atoms with van der Waals surface area (Å²) in [5.41, 5.74) is 0.961. The molecule has 206 valence electrons. The zero-order valence-corrected chi connectivity index (χ0v) is 22.0. The molecule has 5 rings (SSSR count). The molecular formula is C26H26ClF2N5O5. The van der Waals surface area contributed by atoms with Crippen molar-refractivity contribution in [3.8, 4) is 11.3 Å². The molecule has 2 saturated heterocycles. The average molecular weight is 562 g/mol. The number of aromatic nitrogens is 3. The number of fused-ring (bicyclic) bond motifs is 1. The fraction of sp³-hybridized carbons (Fsp3) is 0.385. The zero-order valence-electron chi connectivity index (χ0n) is 21.2. The van der Waals surface area contributed by atoms with Crippen LogP contribution in [0.1, 0.15) is 24.8 Å². The molecule has 0 spiro atoms. The lowest BCUT2D eigenvalue weighted by Crippen LogP contribution is -2.61. The van der Waals surface area contributed by atoms with Gasteiger partial charge in [-0.2, -0.15) is 4.99 Å². The highest BCUT2D eigenvalue weighted by Crippen LogP contribution is 2.40. The number of hydrogen-bond donors (Lipinski definition) is 1. The first kappa shape index (κ1) is 27.3. The average Bonchev–Trinajstić information content (AvgIpc) is 3.41. The van der Waals surface area contributed by atoms with Crippen molar-refractivity contribution < 1.29 is 32.9 Å². The van der Waals surface area contributed by atoms with Crippen LogP contribution in [0.5, 0.6) is 0 Å². The number of hydrogen-bond acceptors (Lipinski definition) is 7. The van der Waals surface area contributed by atoms with Gasteiger partial charge in [0.25, 0.3) is 5.91 Å². The van der Waals surface area contributed by atoms with Gasteiger partial charge in [0.2, 0.25) is 0 Å². The third kappa shape index (κ3) is 5.43. The Morgan fingerprint density at radius 2 is 1.87 bits per heavy atom. The van der Waals surface area contributed by atoms with Crippen LogP contribution < -0.4 is 0 Å². The molecule has 1 amide bonds. The molecule has 2 aliphatic rings. The predicted molar refractivity (Wildman–Crippen MR) is 136 cm³/mol. The Kier molecular flexibility index (Phi) is 7.74. The van der Waals surface area contributed by atoms with E-state index in [-0.39, 0.29) is 17.9 Å². The summed E-state index contributed by atoms with van der Waals surface area (Å²) in [6.07, 6.45) is -3.76. The molecule has 13 heteroatoms. The second kappa shape index (κ2) is 11.1. The molecule has 39 heavy (non-hydrogen) atoms. The van der Waals surface area contributed by atoms with Gasteiger partial charge in [-0.15, -0.1) is 5.10 Å². The number of ether oxygens (including phenoxy) is 3. The smallest absolute Gasteiger partial charge is 0.279 e. The summed E-state index contributed by atoms with van der Waals surface area (Å²) in [4.78, 5) is 18.8. The molecule has 3 heterocycles. The minimum Gasteiger partial charge on any atom is -0.387 e. The highest BCUT2D eigenvalue weighted by Gasteiger charge is 2.53. The number of amidine groups is 1. The molecule has 0 radical (unpaired) electrons. The molecule has 2 aliphatic heterocycles. The van der Waals surface area contributed by atoms with Gasteiger partial charge in [-0.3, -0.25) is 4.79 Å². The van der Waals surface area contributed by atoms with Gasteiger partial charge in [-0.1, -0.05) is 47.1 Å². The molecule has 0 saturated carbocycles. The lowest BCUT2D eigenvalue weighted by molar-refractivity contribution is -0.312. The molecule has 10 nitrogen and oxygen atoms in total. The van der Waals surface area contributed by atoms with E-state index in [0.717, 1.165) is 17.7 Å². The normalized spacial score (nSPS) is 27.2. The third-order valence-corrected chi connectivity index (χ3v) is 7.07. The van der Waals surface area contributed by atoms with E-state index in [4.69, 9.17) is 25.8 Å². The maximum Gasteiger partial charge on any atom is 0.279 e. The number of halogens is 3. The van der Waals surface area contributed by atoms with Crippen LogP contribution in [-0.4, -0.2) is 81.9 Å². The van der Waals surface area contributed by atoms with Crippen LogP contribution in [0.4, 0.5) is 8.78 Å². The summed E-state index contributed by atoms with van der Waals surface area (Å²) < 4.78 is 47.6. The summed E-state index contributed by atoms with van der Waals surface area (Å²) >= 11 is 5.61. The van der Waals surface area contributed by atoms with Crippen molar-refractivity contribution in [3.05, 3.63) is 70.9 Å². The largest absolute Gasteiger partial charge is 0.387 e. The van der Waals surface area contributed by atoms with Crippen LogP contribution in [-0.2, 0) is 19.0 Å². The molecule has 1 unspecified atom stereocenters. The molecule has 3 aromatic rings. The van der Waals surface area contributed by atoms with E-state index in [2.05, 4.69) is 15.3 Å². The van der Waals surface area contributed by atoms with Crippen molar-refractivity contribution in [2.45, 2.75) is 43.7 Å². The fourth-order valence-electron chi connectivity index (χ4n) is 4.48. The SMILES string of the molecule is CC(=NC(=O)[C@@H]1O[C@@H]2COC(c3ccccc3)O[C@@H]2[C@H](n2cc(-c3cc(F)c(Cl)c(F)c3)nn2)[C@H]1O)N(C)C. The Balaban J connectivity index is 1.51. The highest BCUT2D eigenvalue weighted by atomic mass is 35.5. The monoisotopic (exact) mass is 561 g/mol. The van der Waals surface area contributed by atoms with Gasteiger partial charge in [0.1, 0.15) is 52.5 Å². The van der Waals surface area contributed by atoms with Gasteiger partial charge in [0.05, 0.1) is 12.8 Å². The fourth-order valence-corrected chi connectivity index (χ4v) is 4.59. The molecule has 0 aliphatic carbocycles. The number of rotatable bonds is 4. The van der Waals surface area contributed by atoms with Crippen LogP contribution >= 0.6 is 11.6 Å². The van der Waals surface area contributed by atoms with E-state index in [0.29, 0.717) is 5.84 Å². The molecular weight excluding hydrogens is 536 g/mol. The van der Waals surface area contributed by atoms with E-state index in [1.165, 1.54) is 10.9 Å². The first-order chi connectivity index (χ1) is 18.6.